The van der Waals surface area contributed by atoms with Crippen molar-refractivity contribution in [1.82, 2.24) is 0 Å². The van der Waals surface area contributed by atoms with Gasteiger partial charge in [0, 0.05) is 51.7 Å². The Hall–Kier alpha value is -4.20. The second kappa shape index (κ2) is 25.3. The Morgan fingerprint density at radius 3 is 1.57 bits per heavy atom. The van der Waals surface area contributed by atoms with E-state index in [1.165, 1.54) is 0 Å². The summed E-state index contributed by atoms with van der Waals surface area (Å²) in [7, 11) is 0. The zero-order chi connectivity index (χ0) is 31.2. The number of aliphatic hydroxyl groups is 3. The normalized spacial score (nSPS) is 11.4. The van der Waals surface area contributed by atoms with Crippen LogP contribution in [0.25, 0.3) is 0 Å². The number of carbonyl (C=O) groups is 2. The molecule has 2 aromatic rings. The fourth-order valence-electron chi connectivity index (χ4n) is 2.91. The molecule has 2 aromatic carbocycles. The third-order valence-corrected chi connectivity index (χ3v) is 5.02. The monoisotopic (exact) mass is 686 g/mol. The molecule has 2 aliphatic rings. The van der Waals surface area contributed by atoms with Crippen LogP contribution in [0, 0.1) is 0 Å². The molecule has 0 bridgehead atoms. The molecule has 240 valence electrons. The SMILES string of the molecule is C=C(C)C(=O)OCCC1=CC=CC1=C(O)O.C=C(C)C(=O)OCCOC(O)=C1C=CC=C1.[Fe].[Fe].c1cc[cH-]c1.c1cc[cH-]c1. The molecule has 0 radical (unpaired) electrons. The van der Waals surface area contributed by atoms with Gasteiger partial charge in [0.1, 0.15) is 13.2 Å². The van der Waals surface area contributed by atoms with Gasteiger partial charge in [-0.2, -0.15) is 36.4 Å². The maximum atomic E-state index is 11.1. The Balaban J connectivity index is 0. The van der Waals surface area contributed by atoms with E-state index in [0.717, 1.165) is 5.57 Å². The van der Waals surface area contributed by atoms with Crippen LogP contribution in [0.4, 0.5) is 0 Å². The van der Waals surface area contributed by atoms with Crippen molar-refractivity contribution in [2.24, 2.45) is 0 Å². The Kier molecular flexibility index (Phi) is 24.1. The zero-order valence-electron chi connectivity index (χ0n) is 24.6. The third kappa shape index (κ3) is 19.1. The van der Waals surface area contributed by atoms with Crippen LogP contribution in [0.5, 0.6) is 0 Å². The number of ether oxygens (including phenoxy) is 3. The molecular weight excluding hydrogens is 648 g/mol. The average Bonchev–Trinajstić information content (AvgIpc) is 3.80. The molecule has 10 heteroatoms. The molecule has 3 N–H and O–H groups in total. The molecule has 0 aromatic heterocycles. The first-order valence-corrected chi connectivity index (χ1v) is 13.0. The van der Waals surface area contributed by atoms with E-state index in [1.807, 2.05) is 60.7 Å². The van der Waals surface area contributed by atoms with Crippen LogP contribution in [-0.4, -0.2) is 47.1 Å². The van der Waals surface area contributed by atoms with Crippen LogP contribution >= 0.6 is 0 Å². The molecule has 0 saturated carbocycles. The third-order valence-electron chi connectivity index (χ3n) is 5.02. The minimum Gasteiger partial charge on any atom is -0.481 e. The maximum Gasteiger partial charge on any atom is 0.333 e. The smallest absolute Gasteiger partial charge is 0.333 e. The second-order valence-corrected chi connectivity index (χ2v) is 8.62. The first kappa shape index (κ1) is 41.9. The van der Waals surface area contributed by atoms with Gasteiger partial charge in [-0.3, -0.25) is 0 Å². The minimum absolute atomic E-state index is 0. The first-order valence-electron chi connectivity index (χ1n) is 13.0. The maximum absolute atomic E-state index is 11.1. The van der Waals surface area contributed by atoms with E-state index in [4.69, 9.17) is 24.4 Å². The summed E-state index contributed by atoms with van der Waals surface area (Å²) in [5.74, 6) is -1.79. The Labute approximate surface area is 280 Å². The van der Waals surface area contributed by atoms with Crippen molar-refractivity contribution in [1.29, 1.82) is 0 Å². The summed E-state index contributed by atoms with van der Waals surface area (Å²) in [5, 5.41) is 27.3. The van der Waals surface area contributed by atoms with Gasteiger partial charge in [0.2, 0.25) is 0 Å². The van der Waals surface area contributed by atoms with Crippen molar-refractivity contribution in [2.75, 3.05) is 19.8 Å². The summed E-state index contributed by atoms with van der Waals surface area (Å²) >= 11 is 0. The summed E-state index contributed by atoms with van der Waals surface area (Å²) in [6, 6.07) is 20.0. The Morgan fingerprint density at radius 1 is 0.705 bits per heavy atom. The fourth-order valence-corrected chi connectivity index (χ4v) is 2.91. The summed E-state index contributed by atoms with van der Waals surface area (Å²) in [6.07, 6.45) is 12.5. The van der Waals surface area contributed by atoms with Gasteiger partial charge in [0.05, 0.1) is 17.8 Å². The van der Waals surface area contributed by atoms with E-state index < -0.39 is 17.9 Å². The minimum atomic E-state index is -0.716. The molecule has 0 unspecified atom stereocenters. The van der Waals surface area contributed by atoms with Crippen molar-refractivity contribution in [3.8, 4) is 0 Å². The zero-order valence-corrected chi connectivity index (χ0v) is 26.9. The van der Waals surface area contributed by atoms with Crippen LogP contribution in [0.1, 0.15) is 20.3 Å². The summed E-state index contributed by atoms with van der Waals surface area (Å²) in [6.45, 7) is 10.4. The Bertz CT molecular complexity index is 1230. The van der Waals surface area contributed by atoms with Crippen LogP contribution < -0.4 is 0 Å². The number of allylic oxidation sites excluding steroid dienone is 9. The molecule has 0 amide bonds. The molecule has 0 heterocycles. The molecule has 0 aliphatic heterocycles. The van der Waals surface area contributed by atoms with Gasteiger partial charge in [-0.25, -0.2) is 33.9 Å². The Morgan fingerprint density at radius 2 is 1.16 bits per heavy atom. The van der Waals surface area contributed by atoms with Crippen LogP contribution in [0.3, 0.4) is 0 Å². The topological polar surface area (TPSA) is 123 Å². The summed E-state index contributed by atoms with van der Waals surface area (Å²) in [4.78, 5) is 22.0. The van der Waals surface area contributed by atoms with Crippen LogP contribution in [0.2, 0.25) is 0 Å². The number of rotatable bonds is 9. The number of carbonyl (C=O) groups excluding carboxylic acids is 2. The molecule has 0 saturated heterocycles. The van der Waals surface area contributed by atoms with Gasteiger partial charge in [-0.05, 0) is 37.6 Å². The largest absolute Gasteiger partial charge is 0.481 e. The van der Waals surface area contributed by atoms with Crippen molar-refractivity contribution >= 4 is 11.9 Å². The summed E-state index contributed by atoms with van der Waals surface area (Å²) in [5.41, 5.74) is 2.38. The molecule has 44 heavy (non-hydrogen) atoms. The predicted molar refractivity (Wildman–Crippen MR) is 164 cm³/mol. The van der Waals surface area contributed by atoms with Crippen LogP contribution in [-0.2, 0) is 57.9 Å². The van der Waals surface area contributed by atoms with Gasteiger partial charge >= 0.3 is 11.9 Å². The van der Waals surface area contributed by atoms with Gasteiger partial charge in [0.25, 0.3) is 11.9 Å². The van der Waals surface area contributed by atoms with Gasteiger partial charge in [-0.1, -0.05) is 37.5 Å². The molecule has 8 nitrogen and oxygen atoms in total. The number of hydrogen-bond donors (Lipinski definition) is 3. The average molecular weight is 686 g/mol. The van der Waals surface area contributed by atoms with Crippen molar-refractivity contribution in [2.45, 2.75) is 20.3 Å². The van der Waals surface area contributed by atoms with E-state index in [1.54, 1.807) is 56.4 Å². The predicted octanol–water partition coefficient (Wildman–Crippen LogP) is 7.14. The van der Waals surface area contributed by atoms with Gasteiger partial charge in [-0.15, -0.1) is 0 Å². The first-order chi connectivity index (χ1) is 20.1. The number of esters is 2. The van der Waals surface area contributed by atoms with E-state index >= 15 is 0 Å². The summed E-state index contributed by atoms with van der Waals surface area (Å²) < 4.78 is 14.7. The van der Waals surface area contributed by atoms with E-state index in [0.29, 0.717) is 28.7 Å². The van der Waals surface area contributed by atoms with E-state index in [-0.39, 0.29) is 59.9 Å². The quantitative estimate of drug-likeness (QED) is 0.0636. The molecule has 0 spiro atoms. The standard InChI is InChI=1S/2C12H14O4.2C5H5.2Fe/c1-8(2)12(15)16-7-6-9-4-3-5-10(9)11(13)14;1-9(2)11(13)15-7-8-16-12(14)10-5-3-4-6-10;2*1-2-4-5-3-1;;/h3-5,13-14H,1,6-7H2,2H3;3-6,14H,1,7-8H2,2H3;2*1-5H;;/q;;2*-1;;. The molecule has 0 fully saturated rings. The van der Waals surface area contributed by atoms with Gasteiger partial charge < -0.3 is 29.5 Å². The van der Waals surface area contributed by atoms with Crippen molar-refractivity contribution in [3.63, 3.8) is 0 Å². The molecular formula is C34H38Fe2O8-2. The van der Waals surface area contributed by atoms with E-state index in [9.17, 15) is 14.7 Å². The molecule has 0 atom stereocenters. The number of hydrogen-bond acceptors (Lipinski definition) is 8. The molecule has 4 rings (SSSR count). The number of aliphatic hydroxyl groups excluding tert-OH is 2. The van der Waals surface area contributed by atoms with Crippen LogP contribution in [0.15, 0.2) is 156 Å². The van der Waals surface area contributed by atoms with Gasteiger partial charge in [0.15, 0.2) is 0 Å². The fraction of sp³-hybridized carbons (Fsp3) is 0.176. The molecule has 2 aliphatic carbocycles. The second-order valence-electron chi connectivity index (χ2n) is 8.62. The van der Waals surface area contributed by atoms with Crippen molar-refractivity contribution < 1.29 is 73.3 Å². The van der Waals surface area contributed by atoms with Crippen molar-refractivity contribution in [3.05, 3.63) is 156 Å². The van der Waals surface area contributed by atoms with E-state index in [2.05, 4.69) is 13.2 Å².